The first-order chi connectivity index (χ1) is 7.27. The third kappa shape index (κ3) is 2.24. The lowest BCUT2D eigenvalue weighted by molar-refractivity contribution is 0.530. The lowest BCUT2D eigenvalue weighted by Crippen LogP contribution is -2.20. The highest BCUT2D eigenvalue weighted by Crippen LogP contribution is 2.09. The van der Waals surface area contributed by atoms with Crippen LogP contribution < -0.4 is 5.32 Å². The number of aryl methyl sites for hydroxylation is 1. The van der Waals surface area contributed by atoms with Gasteiger partial charge in [-0.15, -0.1) is 0 Å². The molecule has 0 amide bonds. The SMILES string of the molecule is CC(NCc1cn[nH]c1)c1nccn1C. The van der Waals surface area contributed by atoms with Crippen LogP contribution in [0.3, 0.4) is 0 Å². The van der Waals surface area contributed by atoms with Gasteiger partial charge in [-0.2, -0.15) is 5.10 Å². The van der Waals surface area contributed by atoms with E-state index in [2.05, 4.69) is 27.4 Å². The fraction of sp³-hybridized carbons (Fsp3) is 0.400. The first-order valence-electron chi connectivity index (χ1n) is 4.95. The maximum atomic E-state index is 4.29. The van der Waals surface area contributed by atoms with Gasteiger partial charge in [0.1, 0.15) is 5.82 Å². The maximum absolute atomic E-state index is 4.29. The predicted molar refractivity (Wildman–Crippen MR) is 57.1 cm³/mol. The number of H-pyrrole nitrogens is 1. The minimum atomic E-state index is 0.236. The van der Waals surface area contributed by atoms with Crippen LogP contribution in [0.2, 0.25) is 0 Å². The average molecular weight is 205 g/mol. The monoisotopic (exact) mass is 205 g/mol. The van der Waals surface area contributed by atoms with Crippen LogP contribution in [0, 0.1) is 0 Å². The van der Waals surface area contributed by atoms with Crippen molar-refractivity contribution in [3.63, 3.8) is 0 Å². The van der Waals surface area contributed by atoms with Gasteiger partial charge in [-0.1, -0.05) is 0 Å². The maximum Gasteiger partial charge on any atom is 0.125 e. The van der Waals surface area contributed by atoms with Crippen LogP contribution in [0.15, 0.2) is 24.8 Å². The van der Waals surface area contributed by atoms with Gasteiger partial charge in [-0.05, 0) is 6.92 Å². The summed E-state index contributed by atoms with van der Waals surface area (Å²) in [5.74, 6) is 1.04. The Morgan fingerprint density at radius 3 is 3.07 bits per heavy atom. The molecule has 0 aliphatic carbocycles. The minimum absolute atomic E-state index is 0.236. The van der Waals surface area contributed by atoms with E-state index in [0.717, 1.165) is 17.9 Å². The van der Waals surface area contributed by atoms with Gasteiger partial charge in [0.15, 0.2) is 0 Å². The van der Waals surface area contributed by atoms with E-state index < -0.39 is 0 Å². The highest BCUT2D eigenvalue weighted by Gasteiger charge is 2.09. The van der Waals surface area contributed by atoms with E-state index in [1.54, 1.807) is 0 Å². The summed E-state index contributed by atoms with van der Waals surface area (Å²) in [7, 11) is 2.00. The fourth-order valence-electron chi connectivity index (χ4n) is 1.53. The van der Waals surface area contributed by atoms with E-state index in [4.69, 9.17) is 0 Å². The molecule has 0 bridgehead atoms. The van der Waals surface area contributed by atoms with E-state index in [1.165, 1.54) is 0 Å². The summed E-state index contributed by atoms with van der Waals surface area (Å²) in [5, 5.41) is 10.1. The number of hydrogen-bond acceptors (Lipinski definition) is 3. The van der Waals surface area contributed by atoms with Gasteiger partial charge in [-0.3, -0.25) is 5.10 Å². The molecule has 15 heavy (non-hydrogen) atoms. The quantitative estimate of drug-likeness (QED) is 0.782. The second-order valence-electron chi connectivity index (χ2n) is 3.61. The van der Waals surface area contributed by atoms with Crippen molar-refractivity contribution in [3.05, 3.63) is 36.2 Å². The fourth-order valence-corrected chi connectivity index (χ4v) is 1.53. The topological polar surface area (TPSA) is 58.5 Å². The number of aromatic nitrogens is 4. The van der Waals surface area contributed by atoms with Crippen molar-refractivity contribution < 1.29 is 0 Å². The van der Waals surface area contributed by atoms with E-state index >= 15 is 0 Å². The molecule has 1 unspecified atom stereocenters. The average Bonchev–Trinajstić information content (AvgIpc) is 2.84. The van der Waals surface area contributed by atoms with Crippen molar-refractivity contribution in [1.29, 1.82) is 0 Å². The highest BCUT2D eigenvalue weighted by molar-refractivity contribution is 5.03. The summed E-state index contributed by atoms with van der Waals surface area (Å²) >= 11 is 0. The molecule has 0 saturated carbocycles. The first kappa shape index (κ1) is 9.92. The van der Waals surface area contributed by atoms with Crippen LogP contribution in [0.5, 0.6) is 0 Å². The van der Waals surface area contributed by atoms with E-state index in [0.29, 0.717) is 0 Å². The van der Waals surface area contributed by atoms with Crippen molar-refractivity contribution in [2.24, 2.45) is 7.05 Å². The summed E-state index contributed by atoms with van der Waals surface area (Å²) in [6.45, 7) is 2.90. The van der Waals surface area contributed by atoms with Gasteiger partial charge in [0.05, 0.1) is 12.2 Å². The molecule has 0 aliphatic heterocycles. The molecular formula is C10H15N5. The molecular weight excluding hydrogens is 190 g/mol. The van der Waals surface area contributed by atoms with Crippen molar-refractivity contribution >= 4 is 0 Å². The molecule has 0 fully saturated rings. The highest BCUT2D eigenvalue weighted by atomic mass is 15.1. The van der Waals surface area contributed by atoms with E-state index in [9.17, 15) is 0 Å². The van der Waals surface area contributed by atoms with Crippen molar-refractivity contribution in [2.75, 3.05) is 0 Å². The zero-order valence-corrected chi connectivity index (χ0v) is 8.94. The molecule has 5 heteroatoms. The van der Waals surface area contributed by atoms with Crippen molar-refractivity contribution in [1.82, 2.24) is 25.1 Å². The Hall–Kier alpha value is -1.62. The van der Waals surface area contributed by atoms with Crippen LogP contribution in [0.1, 0.15) is 24.4 Å². The molecule has 2 aromatic rings. The lowest BCUT2D eigenvalue weighted by atomic mass is 10.3. The molecule has 5 nitrogen and oxygen atoms in total. The second-order valence-corrected chi connectivity index (χ2v) is 3.61. The Kier molecular flexibility index (Phi) is 2.82. The van der Waals surface area contributed by atoms with Crippen LogP contribution in [0.4, 0.5) is 0 Å². The third-order valence-electron chi connectivity index (χ3n) is 2.41. The van der Waals surface area contributed by atoms with Gasteiger partial charge in [0.25, 0.3) is 0 Å². The molecule has 0 aliphatic rings. The summed E-state index contributed by atoms with van der Waals surface area (Å²) in [6.07, 6.45) is 7.47. The summed E-state index contributed by atoms with van der Waals surface area (Å²) in [5.41, 5.74) is 1.15. The van der Waals surface area contributed by atoms with E-state index in [-0.39, 0.29) is 6.04 Å². The lowest BCUT2D eigenvalue weighted by Gasteiger charge is -2.12. The zero-order chi connectivity index (χ0) is 10.7. The summed E-state index contributed by atoms with van der Waals surface area (Å²) < 4.78 is 2.02. The molecule has 0 spiro atoms. The van der Waals surface area contributed by atoms with Gasteiger partial charge in [0.2, 0.25) is 0 Å². The predicted octanol–water partition coefficient (Wildman–Crippen LogP) is 0.994. The standard InChI is InChI=1S/C10H15N5/c1-8(10-11-3-4-15(10)2)12-5-9-6-13-14-7-9/h3-4,6-8,12H,5H2,1-2H3,(H,13,14). The molecule has 0 aromatic carbocycles. The third-order valence-corrected chi connectivity index (χ3v) is 2.41. The molecule has 2 N–H and O–H groups in total. The van der Waals surface area contributed by atoms with Crippen LogP contribution in [-0.2, 0) is 13.6 Å². The Morgan fingerprint density at radius 2 is 2.47 bits per heavy atom. The molecule has 0 saturated heterocycles. The molecule has 1 atom stereocenters. The van der Waals surface area contributed by atoms with Gasteiger partial charge >= 0.3 is 0 Å². The van der Waals surface area contributed by atoms with Gasteiger partial charge in [-0.25, -0.2) is 4.98 Å². The van der Waals surface area contributed by atoms with Crippen LogP contribution in [-0.4, -0.2) is 19.7 Å². The Bertz CT molecular complexity index is 403. The number of rotatable bonds is 4. The minimum Gasteiger partial charge on any atom is -0.337 e. The summed E-state index contributed by atoms with van der Waals surface area (Å²) in [6, 6.07) is 0.236. The molecule has 80 valence electrons. The Labute approximate surface area is 88.5 Å². The smallest absolute Gasteiger partial charge is 0.125 e. The zero-order valence-electron chi connectivity index (χ0n) is 8.94. The van der Waals surface area contributed by atoms with Crippen LogP contribution in [0.25, 0.3) is 0 Å². The molecule has 2 rings (SSSR count). The van der Waals surface area contributed by atoms with Gasteiger partial charge in [0, 0.05) is 37.7 Å². The number of imidazole rings is 1. The second kappa shape index (κ2) is 4.27. The molecule has 2 aromatic heterocycles. The number of hydrogen-bond donors (Lipinski definition) is 2. The van der Waals surface area contributed by atoms with Crippen LogP contribution >= 0.6 is 0 Å². The number of nitrogens with zero attached hydrogens (tertiary/aromatic N) is 3. The van der Waals surface area contributed by atoms with E-state index in [1.807, 2.05) is 36.4 Å². The first-order valence-corrected chi connectivity index (χ1v) is 4.95. The Morgan fingerprint density at radius 1 is 1.60 bits per heavy atom. The number of nitrogens with one attached hydrogen (secondary N) is 2. The molecule has 2 heterocycles. The van der Waals surface area contributed by atoms with Crippen molar-refractivity contribution in [2.45, 2.75) is 19.5 Å². The summed E-state index contributed by atoms with van der Waals surface area (Å²) in [4.78, 5) is 4.29. The largest absolute Gasteiger partial charge is 0.337 e. The number of aromatic amines is 1. The Balaban J connectivity index is 1.93. The van der Waals surface area contributed by atoms with Crippen molar-refractivity contribution in [3.8, 4) is 0 Å². The van der Waals surface area contributed by atoms with Gasteiger partial charge < -0.3 is 9.88 Å². The molecule has 0 radical (unpaired) electrons. The normalized spacial score (nSPS) is 12.9.